The van der Waals surface area contributed by atoms with Crippen molar-refractivity contribution in [2.75, 3.05) is 59.2 Å². The van der Waals surface area contributed by atoms with Gasteiger partial charge in [0.25, 0.3) is 5.56 Å². The topological polar surface area (TPSA) is 69.8 Å². The number of aryl methyl sites for hydroxylation is 2. The van der Waals surface area contributed by atoms with Gasteiger partial charge in [-0.1, -0.05) is 0 Å². The third kappa shape index (κ3) is 7.00. The molecule has 7 nitrogen and oxygen atoms in total. The van der Waals surface area contributed by atoms with E-state index in [1.165, 1.54) is 11.1 Å². The molecular weight excluding hydrogens is 424 g/mol. The van der Waals surface area contributed by atoms with E-state index in [0.717, 1.165) is 75.4 Å². The first-order valence-electron chi connectivity index (χ1n) is 11.5. The van der Waals surface area contributed by atoms with Crippen LogP contribution in [0.3, 0.4) is 0 Å². The minimum Gasteiger partial charge on any atom is -0.382 e. The van der Waals surface area contributed by atoms with E-state index in [1.54, 1.807) is 0 Å². The van der Waals surface area contributed by atoms with Crippen molar-refractivity contribution in [3.8, 4) is 0 Å². The first-order chi connectivity index (χ1) is 15.5. The summed E-state index contributed by atoms with van der Waals surface area (Å²) in [5.74, 6) is 0. The Morgan fingerprint density at radius 1 is 1.25 bits per heavy atom. The number of pyridine rings is 1. The van der Waals surface area contributed by atoms with Crippen molar-refractivity contribution in [3.05, 3.63) is 45.2 Å². The summed E-state index contributed by atoms with van der Waals surface area (Å²) in [5, 5.41) is 5.07. The fourth-order valence-electron chi connectivity index (χ4n) is 3.81. The summed E-state index contributed by atoms with van der Waals surface area (Å²) < 4.78 is 10.9. The molecule has 1 aromatic carbocycles. The third-order valence-electron chi connectivity index (χ3n) is 5.92. The first-order valence-corrected chi connectivity index (χ1v) is 11.9. The molecule has 1 aliphatic heterocycles. The molecule has 0 bridgehead atoms. The molecule has 176 valence electrons. The predicted molar refractivity (Wildman–Crippen MR) is 133 cm³/mol. The van der Waals surface area contributed by atoms with Gasteiger partial charge >= 0.3 is 0 Å². The molecule has 1 fully saturated rings. The number of rotatable bonds is 10. The molecule has 0 amide bonds. The number of hydrogen-bond acceptors (Lipinski definition) is 5. The van der Waals surface area contributed by atoms with Gasteiger partial charge in [-0.3, -0.25) is 9.69 Å². The van der Waals surface area contributed by atoms with Crippen LogP contribution < -0.4 is 10.9 Å². The smallest absolute Gasteiger partial charge is 0.253 e. The van der Waals surface area contributed by atoms with Gasteiger partial charge in [0.1, 0.15) is 0 Å². The van der Waals surface area contributed by atoms with Crippen LogP contribution in [0.5, 0.6) is 0 Å². The maximum atomic E-state index is 12.8. The Kier molecular flexibility index (Phi) is 9.47. The number of nitrogens with zero attached hydrogens (tertiary/aromatic N) is 2. The van der Waals surface area contributed by atoms with Crippen LogP contribution in [0.15, 0.2) is 23.0 Å². The number of H-pyrrole nitrogens is 1. The van der Waals surface area contributed by atoms with Crippen molar-refractivity contribution in [2.45, 2.75) is 33.7 Å². The fraction of sp³-hybridized carbons (Fsp3) is 0.583. The number of morpholine rings is 1. The second-order valence-corrected chi connectivity index (χ2v) is 8.69. The van der Waals surface area contributed by atoms with E-state index in [9.17, 15) is 4.79 Å². The fourth-order valence-corrected chi connectivity index (χ4v) is 4.07. The Morgan fingerprint density at radius 2 is 2.00 bits per heavy atom. The van der Waals surface area contributed by atoms with Crippen LogP contribution in [0.2, 0.25) is 0 Å². The summed E-state index contributed by atoms with van der Waals surface area (Å²) in [4.78, 5) is 20.4. The van der Waals surface area contributed by atoms with Crippen LogP contribution in [0.25, 0.3) is 10.9 Å². The lowest BCUT2D eigenvalue weighted by Gasteiger charge is -2.31. The molecule has 2 aromatic rings. The molecule has 1 aliphatic rings. The van der Waals surface area contributed by atoms with Gasteiger partial charge in [-0.2, -0.15) is 0 Å². The van der Waals surface area contributed by atoms with E-state index < -0.39 is 0 Å². The van der Waals surface area contributed by atoms with Gasteiger partial charge in [0.2, 0.25) is 0 Å². The Morgan fingerprint density at radius 3 is 2.75 bits per heavy atom. The van der Waals surface area contributed by atoms with Crippen LogP contribution >= 0.6 is 12.2 Å². The molecule has 0 radical (unpaired) electrons. The van der Waals surface area contributed by atoms with Crippen molar-refractivity contribution in [2.24, 2.45) is 0 Å². The van der Waals surface area contributed by atoms with Crippen molar-refractivity contribution in [1.29, 1.82) is 0 Å². The average Bonchev–Trinajstić information content (AvgIpc) is 2.78. The summed E-state index contributed by atoms with van der Waals surface area (Å²) in [5.41, 5.74) is 3.92. The molecular formula is C24H36N4O3S. The van der Waals surface area contributed by atoms with E-state index >= 15 is 0 Å². The molecule has 2 N–H and O–H groups in total. The van der Waals surface area contributed by atoms with Crippen molar-refractivity contribution < 1.29 is 9.47 Å². The van der Waals surface area contributed by atoms with Gasteiger partial charge in [-0.05, 0) is 74.1 Å². The van der Waals surface area contributed by atoms with Gasteiger partial charge in [-0.15, -0.1) is 0 Å². The number of hydrogen-bond donors (Lipinski definition) is 2. The Hall–Kier alpha value is -2.00. The maximum Gasteiger partial charge on any atom is 0.253 e. The highest BCUT2D eigenvalue weighted by molar-refractivity contribution is 7.80. The Balaban J connectivity index is 1.72. The zero-order valence-corrected chi connectivity index (χ0v) is 20.4. The molecule has 3 rings (SSSR count). The number of aromatic amines is 1. The lowest BCUT2D eigenvalue weighted by molar-refractivity contribution is 0.0357. The quantitative estimate of drug-likeness (QED) is 0.417. The SMILES string of the molecule is CCOCCCNC(=S)N(CCN1CCOCC1)Cc1cc2cc(C)c(C)cc2[nH]c1=O. The van der Waals surface area contributed by atoms with E-state index in [2.05, 4.69) is 40.0 Å². The van der Waals surface area contributed by atoms with E-state index in [1.807, 2.05) is 19.1 Å². The highest BCUT2D eigenvalue weighted by Crippen LogP contribution is 2.18. The van der Waals surface area contributed by atoms with Crippen LogP contribution in [-0.2, 0) is 16.0 Å². The van der Waals surface area contributed by atoms with Gasteiger partial charge in [-0.25, -0.2) is 0 Å². The molecule has 1 aromatic heterocycles. The third-order valence-corrected chi connectivity index (χ3v) is 6.32. The molecule has 2 heterocycles. The summed E-state index contributed by atoms with van der Waals surface area (Å²) in [6.45, 7) is 13.8. The molecule has 0 unspecified atom stereocenters. The number of benzene rings is 1. The van der Waals surface area contributed by atoms with E-state index in [4.69, 9.17) is 21.7 Å². The molecule has 1 saturated heterocycles. The molecule has 0 spiro atoms. The summed E-state index contributed by atoms with van der Waals surface area (Å²) in [7, 11) is 0. The summed E-state index contributed by atoms with van der Waals surface area (Å²) in [6, 6.07) is 6.17. The minimum atomic E-state index is -0.0590. The van der Waals surface area contributed by atoms with Crippen LogP contribution in [0, 0.1) is 13.8 Å². The van der Waals surface area contributed by atoms with Gasteiger partial charge in [0.05, 0.1) is 19.8 Å². The standard InChI is InChI=1S/C24H36N4O3S/c1-4-30-11-5-6-25-24(32)28(8-7-27-9-12-31-13-10-27)17-21-16-20-14-18(2)19(3)15-22(20)26-23(21)29/h14-16H,4-13,17H2,1-3H3,(H,25,32)(H,26,29). The van der Waals surface area contributed by atoms with Gasteiger partial charge in [0, 0.05) is 57.0 Å². The minimum absolute atomic E-state index is 0.0590. The first kappa shape index (κ1) is 24.6. The largest absolute Gasteiger partial charge is 0.382 e. The zero-order valence-electron chi connectivity index (χ0n) is 19.5. The van der Waals surface area contributed by atoms with E-state index in [0.29, 0.717) is 18.3 Å². The maximum absolute atomic E-state index is 12.8. The Labute approximate surface area is 196 Å². The highest BCUT2D eigenvalue weighted by Gasteiger charge is 2.16. The van der Waals surface area contributed by atoms with Crippen LogP contribution in [0.4, 0.5) is 0 Å². The zero-order chi connectivity index (χ0) is 22.9. The molecule has 8 heteroatoms. The number of thiocarbonyl (C=S) groups is 1. The second kappa shape index (κ2) is 12.3. The lowest BCUT2D eigenvalue weighted by atomic mass is 10.0. The normalized spacial score (nSPS) is 14.6. The van der Waals surface area contributed by atoms with Crippen LogP contribution in [-0.4, -0.2) is 79.0 Å². The number of fused-ring (bicyclic) bond motifs is 1. The van der Waals surface area contributed by atoms with Crippen molar-refractivity contribution in [3.63, 3.8) is 0 Å². The molecule has 0 atom stereocenters. The van der Waals surface area contributed by atoms with Crippen molar-refractivity contribution >= 4 is 28.2 Å². The number of nitrogens with one attached hydrogen (secondary N) is 2. The predicted octanol–water partition coefficient (Wildman–Crippen LogP) is 2.58. The Bertz CT molecular complexity index is 956. The van der Waals surface area contributed by atoms with E-state index in [-0.39, 0.29) is 5.56 Å². The highest BCUT2D eigenvalue weighted by atomic mass is 32.1. The summed E-state index contributed by atoms with van der Waals surface area (Å²) >= 11 is 5.72. The lowest BCUT2D eigenvalue weighted by Crippen LogP contribution is -2.46. The molecule has 32 heavy (non-hydrogen) atoms. The second-order valence-electron chi connectivity index (χ2n) is 8.31. The number of aromatic nitrogens is 1. The van der Waals surface area contributed by atoms with Crippen LogP contribution in [0.1, 0.15) is 30.0 Å². The monoisotopic (exact) mass is 460 g/mol. The average molecular weight is 461 g/mol. The summed E-state index contributed by atoms with van der Waals surface area (Å²) in [6.07, 6.45) is 0.889. The van der Waals surface area contributed by atoms with Gasteiger partial charge < -0.3 is 24.7 Å². The molecule has 0 saturated carbocycles. The number of ether oxygens (including phenoxy) is 2. The van der Waals surface area contributed by atoms with Crippen molar-refractivity contribution in [1.82, 2.24) is 20.1 Å². The van der Waals surface area contributed by atoms with Gasteiger partial charge in [0.15, 0.2) is 5.11 Å². The molecule has 0 aliphatic carbocycles.